The molecule has 0 aliphatic heterocycles. The van der Waals surface area contributed by atoms with Gasteiger partial charge in [-0.3, -0.25) is 0 Å². The number of nitrogen functional groups attached to an aromatic ring is 1. The number of rotatable bonds is 7. The Morgan fingerprint density at radius 2 is 1.74 bits per heavy atom. The van der Waals surface area contributed by atoms with Crippen LogP contribution < -0.4 is 5.73 Å². The molecular formula is C20H35N5OSi. The van der Waals surface area contributed by atoms with E-state index in [1.165, 1.54) is 6.33 Å². The van der Waals surface area contributed by atoms with Crippen molar-refractivity contribution in [3.63, 3.8) is 0 Å². The third kappa shape index (κ3) is 3.18. The lowest BCUT2D eigenvalue weighted by Crippen LogP contribution is -2.58. The molecule has 0 aromatic carbocycles. The van der Waals surface area contributed by atoms with Gasteiger partial charge in [0, 0.05) is 6.04 Å². The first kappa shape index (κ1) is 20.3. The summed E-state index contributed by atoms with van der Waals surface area (Å²) in [5.41, 5.74) is 7.46. The predicted octanol–water partition coefficient (Wildman–Crippen LogP) is 2.98. The number of aromatic nitrogens is 4. The Hall–Kier alpha value is -1.47. The molecule has 0 saturated heterocycles. The van der Waals surface area contributed by atoms with Crippen LogP contribution in [0.15, 0.2) is 12.7 Å². The quantitative estimate of drug-likeness (QED) is 0.737. The van der Waals surface area contributed by atoms with Crippen molar-refractivity contribution >= 4 is 27.5 Å². The van der Waals surface area contributed by atoms with E-state index < -0.39 is 0 Å². The maximum absolute atomic E-state index is 6.53. The first-order valence-corrected chi connectivity index (χ1v) is 11.0. The molecule has 2 aromatic rings. The van der Waals surface area contributed by atoms with Crippen LogP contribution in [-0.4, -0.2) is 35.6 Å². The number of nitrogens with two attached hydrogens (primary N) is 1. The average molecular weight is 390 g/mol. The van der Waals surface area contributed by atoms with Gasteiger partial charge in [-0.05, 0) is 42.4 Å². The summed E-state index contributed by atoms with van der Waals surface area (Å²) in [6.07, 6.45) is 5.60. The van der Waals surface area contributed by atoms with Crippen molar-refractivity contribution in [3.8, 4) is 0 Å². The van der Waals surface area contributed by atoms with E-state index in [0.717, 1.165) is 29.0 Å². The summed E-state index contributed by atoms with van der Waals surface area (Å²) in [6.45, 7) is 14.1. The molecule has 2 heterocycles. The van der Waals surface area contributed by atoms with Gasteiger partial charge in [0.15, 0.2) is 11.5 Å². The molecule has 1 aliphatic rings. The van der Waals surface area contributed by atoms with Gasteiger partial charge in [-0.25, -0.2) is 15.0 Å². The first-order chi connectivity index (χ1) is 12.7. The van der Waals surface area contributed by atoms with E-state index in [1.54, 1.807) is 0 Å². The highest BCUT2D eigenvalue weighted by Gasteiger charge is 2.54. The van der Waals surface area contributed by atoms with Gasteiger partial charge in [0.25, 0.3) is 0 Å². The van der Waals surface area contributed by atoms with Crippen LogP contribution in [0.3, 0.4) is 0 Å². The molecule has 1 aliphatic carbocycles. The molecule has 0 spiro atoms. The SMILES string of the molecule is CC(C)C(C(C)C)C(O[SiH3])(C(C)C)C1CC(n2cnc3c(N)ncnc32)C1. The summed E-state index contributed by atoms with van der Waals surface area (Å²) >= 11 is 0. The van der Waals surface area contributed by atoms with Crippen LogP contribution in [0.4, 0.5) is 5.82 Å². The molecule has 0 amide bonds. The molecule has 1 fully saturated rings. The van der Waals surface area contributed by atoms with Crippen molar-refractivity contribution in [2.24, 2.45) is 29.6 Å². The lowest BCUT2D eigenvalue weighted by molar-refractivity contribution is -0.141. The summed E-state index contributed by atoms with van der Waals surface area (Å²) < 4.78 is 8.71. The van der Waals surface area contributed by atoms with Crippen LogP contribution in [0.25, 0.3) is 11.2 Å². The van der Waals surface area contributed by atoms with E-state index in [9.17, 15) is 0 Å². The molecule has 1 saturated carbocycles. The maximum Gasteiger partial charge on any atom is 0.165 e. The van der Waals surface area contributed by atoms with Crippen LogP contribution in [0.1, 0.15) is 60.4 Å². The molecule has 0 radical (unpaired) electrons. The zero-order valence-electron chi connectivity index (χ0n) is 17.8. The Morgan fingerprint density at radius 1 is 1.11 bits per heavy atom. The van der Waals surface area contributed by atoms with E-state index in [1.807, 2.05) is 6.33 Å². The third-order valence-electron chi connectivity index (χ3n) is 6.75. The van der Waals surface area contributed by atoms with E-state index in [-0.39, 0.29) is 5.60 Å². The second kappa shape index (κ2) is 7.51. The fraction of sp³-hybridized carbons (Fsp3) is 0.750. The number of imidazole rings is 1. The zero-order valence-corrected chi connectivity index (χ0v) is 19.8. The van der Waals surface area contributed by atoms with Gasteiger partial charge in [0.1, 0.15) is 22.3 Å². The predicted molar refractivity (Wildman–Crippen MR) is 113 cm³/mol. The second-order valence-electron chi connectivity index (χ2n) is 9.13. The molecule has 7 heteroatoms. The molecule has 6 nitrogen and oxygen atoms in total. The molecule has 0 bridgehead atoms. The smallest absolute Gasteiger partial charge is 0.165 e. The van der Waals surface area contributed by atoms with Crippen molar-refractivity contribution in [3.05, 3.63) is 12.7 Å². The summed E-state index contributed by atoms with van der Waals surface area (Å²) in [4.78, 5) is 12.9. The molecule has 27 heavy (non-hydrogen) atoms. The van der Waals surface area contributed by atoms with E-state index in [0.29, 0.717) is 47.0 Å². The number of nitrogens with zero attached hydrogens (tertiary/aromatic N) is 4. The highest BCUT2D eigenvalue weighted by Crippen LogP contribution is 2.54. The van der Waals surface area contributed by atoms with E-state index in [2.05, 4.69) is 61.1 Å². The van der Waals surface area contributed by atoms with Gasteiger partial charge < -0.3 is 14.7 Å². The Bertz CT molecular complexity index is 776. The second-order valence-corrected chi connectivity index (χ2v) is 9.54. The first-order valence-electron chi connectivity index (χ1n) is 10.2. The van der Waals surface area contributed by atoms with Crippen LogP contribution in [0, 0.1) is 29.6 Å². The summed E-state index contributed by atoms with van der Waals surface area (Å²) in [5.74, 6) is 3.26. The minimum atomic E-state index is -0.0462. The van der Waals surface area contributed by atoms with Gasteiger partial charge >= 0.3 is 0 Å². The number of hydrogen-bond donors (Lipinski definition) is 1. The highest BCUT2D eigenvalue weighted by atomic mass is 28.2. The summed E-state index contributed by atoms with van der Waals surface area (Å²) in [6, 6.07) is 0.407. The molecule has 1 unspecified atom stereocenters. The summed E-state index contributed by atoms with van der Waals surface area (Å²) in [5, 5.41) is 0. The Morgan fingerprint density at radius 3 is 2.26 bits per heavy atom. The largest absolute Gasteiger partial charge is 0.422 e. The van der Waals surface area contributed by atoms with Crippen molar-refractivity contribution in [2.45, 2.75) is 66.0 Å². The number of anilines is 1. The minimum absolute atomic E-state index is 0.0462. The van der Waals surface area contributed by atoms with Gasteiger partial charge in [-0.1, -0.05) is 41.5 Å². The van der Waals surface area contributed by atoms with Crippen LogP contribution in [0.2, 0.25) is 0 Å². The molecule has 2 aromatic heterocycles. The topological polar surface area (TPSA) is 78.9 Å². The fourth-order valence-electron chi connectivity index (χ4n) is 5.80. The van der Waals surface area contributed by atoms with Gasteiger partial charge in [0.2, 0.25) is 0 Å². The van der Waals surface area contributed by atoms with Crippen LogP contribution in [-0.2, 0) is 4.43 Å². The molecule has 150 valence electrons. The molecule has 2 N–H and O–H groups in total. The number of hydrogen-bond acceptors (Lipinski definition) is 5. The highest BCUT2D eigenvalue weighted by molar-refractivity contribution is 5.98. The Balaban J connectivity index is 1.89. The lowest BCUT2D eigenvalue weighted by Gasteiger charge is -2.57. The Labute approximate surface area is 165 Å². The Kier molecular flexibility index (Phi) is 5.63. The monoisotopic (exact) mass is 389 g/mol. The summed E-state index contributed by atoms with van der Waals surface area (Å²) in [7, 11) is 0.768. The van der Waals surface area contributed by atoms with Gasteiger partial charge in [-0.15, -0.1) is 0 Å². The minimum Gasteiger partial charge on any atom is -0.422 e. The van der Waals surface area contributed by atoms with Gasteiger partial charge in [-0.2, -0.15) is 0 Å². The molecular weight excluding hydrogens is 354 g/mol. The van der Waals surface area contributed by atoms with E-state index >= 15 is 0 Å². The fourth-order valence-corrected chi connectivity index (χ4v) is 6.88. The average Bonchev–Trinajstić information content (AvgIpc) is 2.96. The van der Waals surface area contributed by atoms with Gasteiger partial charge in [0.05, 0.1) is 11.9 Å². The molecule has 1 atom stereocenters. The van der Waals surface area contributed by atoms with Crippen molar-refractivity contribution in [1.29, 1.82) is 0 Å². The maximum atomic E-state index is 6.53. The molecule has 3 rings (SSSR count). The zero-order chi connectivity index (χ0) is 19.9. The third-order valence-corrected chi connectivity index (χ3v) is 7.45. The number of fused-ring (bicyclic) bond motifs is 1. The van der Waals surface area contributed by atoms with Crippen LogP contribution >= 0.6 is 0 Å². The van der Waals surface area contributed by atoms with Crippen molar-refractivity contribution in [1.82, 2.24) is 19.5 Å². The lowest BCUT2D eigenvalue weighted by atomic mass is 9.56. The standard InChI is InChI=1S/C20H35N5OSi/c1-11(2)16(12(3)4)20(26-27,13(5)6)14-7-15(8-14)25-10-24-17-18(21)22-9-23-19(17)25/h9-16H,7-8H2,1-6,27H3,(H2,21,22,23). The van der Waals surface area contributed by atoms with Crippen molar-refractivity contribution < 1.29 is 4.43 Å². The van der Waals surface area contributed by atoms with E-state index in [4.69, 9.17) is 10.2 Å². The van der Waals surface area contributed by atoms with Crippen LogP contribution in [0.5, 0.6) is 0 Å². The van der Waals surface area contributed by atoms with Crippen molar-refractivity contribution in [2.75, 3.05) is 5.73 Å². The normalized spacial score (nSPS) is 22.9.